The molecule has 0 aromatic carbocycles. The molecule has 1 aliphatic carbocycles. The van der Waals surface area contributed by atoms with Crippen molar-refractivity contribution in [3.8, 4) is 0 Å². The van der Waals surface area contributed by atoms with Gasteiger partial charge in [0.1, 0.15) is 12.2 Å². The van der Waals surface area contributed by atoms with Crippen LogP contribution >= 0.6 is 0 Å². The zero-order chi connectivity index (χ0) is 20.0. The minimum atomic E-state index is -1.85. The van der Waals surface area contributed by atoms with E-state index in [-0.39, 0.29) is 46.9 Å². The minimum absolute atomic E-state index is 0.0595. The van der Waals surface area contributed by atoms with Gasteiger partial charge in [-0.3, -0.25) is 4.79 Å². The van der Waals surface area contributed by atoms with E-state index >= 15 is 0 Å². The van der Waals surface area contributed by atoms with Crippen molar-refractivity contribution in [3.63, 3.8) is 0 Å². The van der Waals surface area contributed by atoms with E-state index in [4.69, 9.17) is 18.6 Å². The molecule has 3 rings (SSSR count). The van der Waals surface area contributed by atoms with Crippen LogP contribution in [0.5, 0.6) is 0 Å². The van der Waals surface area contributed by atoms with E-state index in [0.29, 0.717) is 6.42 Å². The number of rotatable bonds is 3. The summed E-state index contributed by atoms with van der Waals surface area (Å²) in [6.07, 6.45) is 5.07. The summed E-state index contributed by atoms with van der Waals surface area (Å²) in [6, 6.07) is 0. The number of hydrogen-bond donors (Lipinski definition) is 0. The average Bonchev–Trinajstić information content (AvgIpc) is 2.90. The topological polar surface area (TPSA) is 54.0 Å². The summed E-state index contributed by atoms with van der Waals surface area (Å²) in [5, 5.41) is 0.189. The first-order chi connectivity index (χ1) is 12.4. The van der Waals surface area contributed by atoms with Crippen LogP contribution in [0.2, 0.25) is 18.1 Å². The van der Waals surface area contributed by atoms with Crippen LogP contribution in [-0.2, 0) is 23.4 Å². The molecular formula is C21H38O5Si. The van der Waals surface area contributed by atoms with Gasteiger partial charge in [-0.1, -0.05) is 27.7 Å². The molecule has 2 heterocycles. The Morgan fingerprint density at radius 3 is 2.52 bits per heavy atom. The lowest BCUT2D eigenvalue weighted by molar-refractivity contribution is -0.254. The first-order valence-corrected chi connectivity index (χ1v) is 13.4. The van der Waals surface area contributed by atoms with Gasteiger partial charge in [-0.15, -0.1) is 0 Å². The summed E-state index contributed by atoms with van der Waals surface area (Å²) >= 11 is 0. The third-order valence-corrected chi connectivity index (χ3v) is 12.0. The Kier molecular flexibility index (Phi) is 5.86. The number of fused-ring (bicyclic) bond motifs is 3. The normalized spacial score (nSPS) is 40.6. The van der Waals surface area contributed by atoms with E-state index in [1.165, 1.54) is 0 Å². The largest absolute Gasteiger partial charge is 0.459 e. The highest BCUT2D eigenvalue weighted by Gasteiger charge is 2.54. The van der Waals surface area contributed by atoms with Crippen LogP contribution in [0.25, 0.3) is 0 Å². The molecule has 2 aliphatic heterocycles. The van der Waals surface area contributed by atoms with E-state index in [2.05, 4.69) is 40.8 Å². The van der Waals surface area contributed by atoms with Gasteiger partial charge >= 0.3 is 5.97 Å². The monoisotopic (exact) mass is 398 g/mol. The molecule has 6 atom stereocenters. The number of methoxy groups -OCH3 is 1. The van der Waals surface area contributed by atoms with Crippen LogP contribution in [-0.4, -0.2) is 46.0 Å². The smallest absolute Gasteiger partial charge is 0.306 e. The molecule has 0 N–H and O–H groups in total. The molecule has 1 saturated carbocycles. The van der Waals surface area contributed by atoms with Crippen molar-refractivity contribution >= 4 is 14.3 Å². The fraction of sp³-hybridized carbons (Fsp3) is 0.952. The number of carbonyl (C=O) groups excluding carboxylic acids is 1. The highest BCUT2D eigenvalue weighted by Crippen LogP contribution is 2.50. The molecule has 0 spiro atoms. The molecular weight excluding hydrogens is 360 g/mol. The van der Waals surface area contributed by atoms with E-state index in [0.717, 1.165) is 32.1 Å². The minimum Gasteiger partial charge on any atom is -0.459 e. The third kappa shape index (κ3) is 4.28. The van der Waals surface area contributed by atoms with Gasteiger partial charge in [0, 0.05) is 24.5 Å². The Morgan fingerprint density at radius 2 is 1.89 bits per heavy atom. The van der Waals surface area contributed by atoms with Crippen LogP contribution in [0.3, 0.4) is 0 Å². The molecule has 6 heteroatoms. The first kappa shape index (κ1) is 21.3. The van der Waals surface area contributed by atoms with Crippen LogP contribution in [0.4, 0.5) is 0 Å². The molecule has 5 nitrogen and oxygen atoms in total. The van der Waals surface area contributed by atoms with Gasteiger partial charge in [-0.25, -0.2) is 0 Å². The van der Waals surface area contributed by atoms with Crippen molar-refractivity contribution in [3.05, 3.63) is 0 Å². The summed E-state index contributed by atoms with van der Waals surface area (Å²) < 4.78 is 24.5. The predicted octanol–water partition coefficient (Wildman–Crippen LogP) is 4.65. The second-order valence-corrected chi connectivity index (χ2v) is 15.4. The summed E-state index contributed by atoms with van der Waals surface area (Å²) in [5.74, 6) is 0.141. The predicted molar refractivity (Wildman–Crippen MR) is 107 cm³/mol. The van der Waals surface area contributed by atoms with Gasteiger partial charge in [0.05, 0.1) is 6.42 Å². The second-order valence-electron chi connectivity index (χ2n) is 10.6. The summed E-state index contributed by atoms with van der Waals surface area (Å²) in [4.78, 5) is 12.1. The fourth-order valence-corrected chi connectivity index (χ4v) is 6.16. The maximum absolute atomic E-state index is 12.1. The summed E-state index contributed by atoms with van der Waals surface area (Å²) in [6.45, 7) is 13.8. The maximum Gasteiger partial charge on any atom is 0.306 e. The highest BCUT2D eigenvalue weighted by atomic mass is 28.4. The SMILES string of the molecule is CO[C@H]1CC[C@]2(C)CC(O[Si](C)(C)C(C)(C)C)CCC3CC(=O)O[C@@H]3C2O1. The second kappa shape index (κ2) is 7.43. The molecule has 27 heavy (non-hydrogen) atoms. The number of ether oxygens (including phenoxy) is 3. The van der Waals surface area contributed by atoms with Crippen LogP contribution in [0.1, 0.15) is 66.2 Å². The van der Waals surface area contributed by atoms with Crippen molar-refractivity contribution in [1.29, 1.82) is 0 Å². The van der Waals surface area contributed by atoms with Crippen LogP contribution in [0, 0.1) is 11.3 Å². The maximum atomic E-state index is 12.1. The summed E-state index contributed by atoms with van der Waals surface area (Å²) in [7, 11) is -0.160. The number of carbonyl (C=O) groups is 1. The van der Waals surface area contributed by atoms with Crippen molar-refractivity contribution in [2.75, 3.05) is 7.11 Å². The Morgan fingerprint density at radius 1 is 1.19 bits per heavy atom. The molecule has 0 bridgehead atoms. The van der Waals surface area contributed by atoms with Gasteiger partial charge in [-0.2, -0.15) is 0 Å². The zero-order valence-corrected chi connectivity index (χ0v) is 19.2. The van der Waals surface area contributed by atoms with Gasteiger partial charge in [0.2, 0.25) is 0 Å². The Hall–Kier alpha value is -0.433. The van der Waals surface area contributed by atoms with Crippen LogP contribution in [0.15, 0.2) is 0 Å². The van der Waals surface area contributed by atoms with Crippen LogP contribution < -0.4 is 0 Å². The molecule has 2 saturated heterocycles. The molecule has 0 aromatic heterocycles. The third-order valence-electron chi connectivity index (χ3n) is 7.48. The van der Waals surface area contributed by atoms with Crippen molar-refractivity contribution in [1.82, 2.24) is 0 Å². The van der Waals surface area contributed by atoms with Gasteiger partial charge in [0.15, 0.2) is 14.6 Å². The Balaban J connectivity index is 1.85. The molecule has 156 valence electrons. The van der Waals surface area contributed by atoms with Crippen molar-refractivity contribution < 1.29 is 23.4 Å². The quantitative estimate of drug-likeness (QED) is 0.512. The van der Waals surface area contributed by atoms with Gasteiger partial charge < -0.3 is 18.6 Å². The van der Waals surface area contributed by atoms with E-state index in [1.807, 2.05) is 0 Å². The summed E-state index contributed by atoms with van der Waals surface area (Å²) in [5.41, 5.74) is -0.0595. The van der Waals surface area contributed by atoms with E-state index in [1.54, 1.807) is 7.11 Å². The molecule has 3 fully saturated rings. The lowest BCUT2D eigenvalue weighted by atomic mass is 9.67. The Bertz CT molecular complexity index is 557. The molecule has 0 aromatic rings. The fourth-order valence-electron chi connectivity index (χ4n) is 4.77. The lowest BCUT2D eigenvalue weighted by Gasteiger charge is -2.50. The molecule has 3 aliphatic rings. The average molecular weight is 399 g/mol. The van der Waals surface area contributed by atoms with E-state index in [9.17, 15) is 4.79 Å². The Labute approximate surface area is 165 Å². The van der Waals surface area contributed by atoms with E-state index < -0.39 is 8.32 Å². The van der Waals surface area contributed by atoms with Gasteiger partial charge in [-0.05, 0) is 50.2 Å². The number of esters is 1. The zero-order valence-electron chi connectivity index (χ0n) is 18.2. The lowest BCUT2D eigenvalue weighted by Crippen LogP contribution is -2.55. The van der Waals surface area contributed by atoms with Crippen molar-refractivity contribution in [2.45, 2.75) is 109 Å². The highest BCUT2D eigenvalue weighted by molar-refractivity contribution is 6.74. The first-order valence-electron chi connectivity index (χ1n) is 10.5. The molecule has 3 unspecified atom stereocenters. The van der Waals surface area contributed by atoms with Crippen molar-refractivity contribution in [2.24, 2.45) is 11.3 Å². The van der Waals surface area contributed by atoms with Gasteiger partial charge in [0.25, 0.3) is 0 Å². The standard InChI is InChI=1S/C21H38O5Si/c1-20(2,3)27(6,7)26-15-9-8-14-12-16(22)24-18(14)19-21(4,13-15)11-10-17(23-5)25-19/h14-15,17-19H,8-13H2,1-7H3/t14?,15?,17-,18+,19?,21-/m1/s1. The molecule has 0 radical (unpaired) electrons. The molecule has 0 amide bonds. The number of hydrogen-bond acceptors (Lipinski definition) is 5.